The molecule has 0 unspecified atom stereocenters. The van der Waals surface area contributed by atoms with Gasteiger partial charge in [-0.2, -0.15) is 0 Å². The summed E-state index contributed by atoms with van der Waals surface area (Å²) in [5, 5.41) is 2.88. The molecule has 5 nitrogen and oxygen atoms in total. The molecule has 24 heavy (non-hydrogen) atoms. The topological polar surface area (TPSA) is 66.5 Å². The molecule has 0 radical (unpaired) electrons. The maximum Gasteiger partial charge on any atom is 0.232 e. The average molecular weight is 355 g/mol. The van der Waals surface area contributed by atoms with Gasteiger partial charge in [0.05, 0.1) is 11.9 Å². The van der Waals surface area contributed by atoms with Crippen LogP contribution in [0.2, 0.25) is 0 Å². The van der Waals surface area contributed by atoms with Crippen LogP contribution in [0.1, 0.15) is 50.2 Å². The van der Waals surface area contributed by atoms with E-state index in [2.05, 4.69) is 12.2 Å². The van der Waals surface area contributed by atoms with Gasteiger partial charge in [0, 0.05) is 19.5 Å². The predicted molar refractivity (Wildman–Crippen MR) is 99.9 cm³/mol. The number of anilines is 1. The molecule has 0 aromatic heterocycles. The van der Waals surface area contributed by atoms with E-state index in [1.165, 1.54) is 10.6 Å². The van der Waals surface area contributed by atoms with Crippen molar-refractivity contribution in [1.82, 2.24) is 5.32 Å². The minimum atomic E-state index is -3.38. The first-order valence-electron chi connectivity index (χ1n) is 8.58. The van der Waals surface area contributed by atoms with Crippen LogP contribution in [-0.4, -0.2) is 33.7 Å². The number of hydrogen-bond donors (Lipinski definition) is 1. The second kappa shape index (κ2) is 9.67. The molecular weight excluding hydrogens is 324 g/mol. The fourth-order valence-corrected chi connectivity index (χ4v) is 3.56. The molecule has 1 amide bonds. The zero-order valence-electron chi connectivity index (χ0n) is 15.3. The lowest BCUT2D eigenvalue weighted by molar-refractivity contribution is -0.121. The molecule has 0 spiro atoms. The first-order chi connectivity index (χ1) is 11.3. The van der Waals surface area contributed by atoms with Crippen molar-refractivity contribution in [1.29, 1.82) is 0 Å². The van der Waals surface area contributed by atoms with Gasteiger partial charge in [-0.3, -0.25) is 9.10 Å². The van der Waals surface area contributed by atoms with Crippen LogP contribution in [0.25, 0.3) is 0 Å². The average Bonchev–Trinajstić information content (AvgIpc) is 2.50. The highest BCUT2D eigenvalue weighted by atomic mass is 32.2. The van der Waals surface area contributed by atoms with Crippen molar-refractivity contribution in [3.05, 3.63) is 29.3 Å². The van der Waals surface area contributed by atoms with Crippen LogP contribution >= 0.6 is 0 Å². The number of amides is 1. The number of hydrogen-bond acceptors (Lipinski definition) is 3. The van der Waals surface area contributed by atoms with Gasteiger partial charge in [-0.05, 0) is 43.9 Å². The second-order valence-corrected chi connectivity index (χ2v) is 8.12. The van der Waals surface area contributed by atoms with Crippen LogP contribution in [0.3, 0.4) is 0 Å². The molecule has 0 aliphatic heterocycles. The zero-order chi connectivity index (χ0) is 18.2. The molecule has 0 aliphatic rings. The summed E-state index contributed by atoms with van der Waals surface area (Å²) in [5.41, 5.74) is 2.70. The van der Waals surface area contributed by atoms with E-state index in [9.17, 15) is 13.2 Å². The molecule has 0 saturated carbocycles. The Hall–Kier alpha value is -1.56. The van der Waals surface area contributed by atoms with Crippen molar-refractivity contribution in [2.75, 3.05) is 23.7 Å². The number of rotatable bonds is 10. The highest BCUT2D eigenvalue weighted by molar-refractivity contribution is 7.92. The summed E-state index contributed by atoms with van der Waals surface area (Å²) in [6, 6.07) is 5.63. The lowest BCUT2D eigenvalue weighted by atomic mass is 10.1. The maximum atomic E-state index is 12.1. The first kappa shape index (κ1) is 20.5. The van der Waals surface area contributed by atoms with Crippen LogP contribution in [0.4, 0.5) is 5.69 Å². The zero-order valence-corrected chi connectivity index (χ0v) is 16.1. The molecular formula is C18H30N2O3S. The number of benzene rings is 1. The predicted octanol–water partition coefficient (Wildman–Crippen LogP) is 3.16. The molecule has 0 aliphatic carbocycles. The quantitative estimate of drug-likeness (QED) is 0.656. The van der Waals surface area contributed by atoms with Gasteiger partial charge in [-0.1, -0.05) is 31.9 Å². The number of sulfonamides is 1. The fourth-order valence-electron chi connectivity index (χ4n) is 2.55. The van der Waals surface area contributed by atoms with E-state index in [0.29, 0.717) is 31.6 Å². The lowest BCUT2D eigenvalue weighted by Crippen LogP contribution is -2.33. The minimum Gasteiger partial charge on any atom is -0.356 e. The largest absolute Gasteiger partial charge is 0.356 e. The van der Waals surface area contributed by atoms with E-state index in [-0.39, 0.29) is 5.91 Å². The van der Waals surface area contributed by atoms with Gasteiger partial charge in [0.25, 0.3) is 0 Å². The van der Waals surface area contributed by atoms with Crippen molar-refractivity contribution < 1.29 is 13.2 Å². The molecule has 0 bridgehead atoms. The van der Waals surface area contributed by atoms with Gasteiger partial charge >= 0.3 is 0 Å². The Morgan fingerprint density at radius 2 is 1.88 bits per heavy atom. The van der Waals surface area contributed by atoms with Crippen molar-refractivity contribution in [3.63, 3.8) is 0 Å². The van der Waals surface area contributed by atoms with Crippen molar-refractivity contribution in [2.45, 2.75) is 52.9 Å². The number of carbonyl (C=O) groups excluding carboxylic acids is 1. The molecule has 6 heteroatoms. The minimum absolute atomic E-state index is 0.0134. The van der Waals surface area contributed by atoms with Gasteiger partial charge in [0.15, 0.2) is 0 Å². The first-order valence-corrected chi connectivity index (χ1v) is 10.4. The maximum absolute atomic E-state index is 12.1. The van der Waals surface area contributed by atoms with Gasteiger partial charge in [0.1, 0.15) is 0 Å². The van der Waals surface area contributed by atoms with Crippen molar-refractivity contribution >= 4 is 21.6 Å². The summed E-state index contributed by atoms with van der Waals surface area (Å²) >= 11 is 0. The number of nitrogens with zero attached hydrogens (tertiary/aromatic N) is 1. The molecule has 0 atom stereocenters. The molecule has 0 fully saturated rings. The third kappa shape index (κ3) is 6.51. The van der Waals surface area contributed by atoms with E-state index in [1.807, 2.05) is 32.0 Å². The Kier molecular flexibility index (Phi) is 8.25. The molecule has 0 heterocycles. The monoisotopic (exact) mass is 354 g/mol. The van der Waals surface area contributed by atoms with E-state index in [1.54, 1.807) is 0 Å². The molecule has 1 aromatic rings. The molecule has 136 valence electrons. The van der Waals surface area contributed by atoms with Crippen molar-refractivity contribution in [2.24, 2.45) is 0 Å². The van der Waals surface area contributed by atoms with E-state index >= 15 is 0 Å². The highest BCUT2D eigenvalue weighted by Crippen LogP contribution is 2.25. The van der Waals surface area contributed by atoms with Crippen LogP contribution in [0.5, 0.6) is 0 Å². The number of unbranched alkanes of at least 4 members (excludes halogenated alkanes) is 2. The Bertz CT molecular complexity index is 642. The van der Waals surface area contributed by atoms with Gasteiger partial charge in [-0.25, -0.2) is 8.42 Å². The second-order valence-electron chi connectivity index (χ2n) is 6.21. The van der Waals surface area contributed by atoms with Crippen LogP contribution in [0, 0.1) is 13.8 Å². The molecule has 0 saturated heterocycles. The van der Waals surface area contributed by atoms with Crippen molar-refractivity contribution in [3.8, 4) is 0 Å². The van der Waals surface area contributed by atoms with Gasteiger partial charge in [-0.15, -0.1) is 0 Å². The standard InChI is InChI=1S/C18H30N2O3S/c1-5-6-7-13-19-18(21)12-9-14-20(24(4,22)23)17-11-8-10-15(2)16(17)3/h8,10-11H,5-7,9,12-14H2,1-4H3,(H,19,21). The Morgan fingerprint density at radius 3 is 2.50 bits per heavy atom. The highest BCUT2D eigenvalue weighted by Gasteiger charge is 2.19. The Morgan fingerprint density at radius 1 is 1.17 bits per heavy atom. The van der Waals surface area contributed by atoms with E-state index in [4.69, 9.17) is 0 Å². The third-order valence-corrected chi connectivity index (χ3v) is 5.29. The molecule has 1 aromatic carbocycles. The lowest BCUT2D eigenvalue weighted by Gasteiger charge is -2.24. The molecule has 1 rings (SSSR count). The Balaban J connectivity index is 2.63. The summed E-state index contributed by atoms with van der Waals surface area (Å²) in [6.07, 6.45) is 5.26. The van der Waals surface area contributed by atoms with Gasteiger partial charge in [0.2, 0.25) is 15.9 Å². The smallest absolute Gasteiger partial charge is 0.232 e. The summed E-state index contributed by atoms with van der Waals surface area (Å²) < 4.78 is 25.7. The fraction of sp³-hybridized carbons (Fsp3) is 0.611. The number of nitrogens with one attached hydrogen (secondary N) is 1. The van der Waals surface area contributed by atoms with Crippen LogP contribution < -0.4 is 9.62 Å². The summed E-state index contributed by atoms with van der Waals surface area (Å²) in [5.74, 6) is -0.0134. The third-order valence-electron chi connectivity index (χ3n) is 4.11. The van der Waals surface area contributed by atoms with E-state index < -0.39 is 10.0 Å². The number of carbonyl (C=O) groups is 1. The van der Waals surface area contributed by atoms with Gasteiger partial charge < -0.3 is 5.32 Å². The van der Waals surface area contributed by atoms with Crippen LogP contribution in [-0.2, 0) is 14.8 Å². The summed E-state index contributed by atoms with van der Waals surface area (Å²) in [6.45, 7) is 7.01. The normalized spacial score (nSPS) is 11.3. The summed E-state index contributed by atoms with van der Waals surface area (Å²) in [4.78, 5) is 11.8. The number of aryl methyl sites for hydroxylation is 1. The van der Waals surface area contributed by atoms with Crippen LogP contribution in [0.15, 0.2) is 18.2 Å². The van der Waals surface area contributed by atoms with E-state index in [0.717, 1.165) is 30.4 Å². The SMILES string of the molecule is CCCCCNC(=O)CCCN(c1cccc(C)c1C)S(C)(=O)=O. The molecule has 1 N–H and O–H groups in total. The summed E-state index contributed by atoms with van der Waals surface area (Å²) in [7, 11) is -3.38. The Labute approximate surface area is 146 Å².